The Morgan fingerprint density at radius 1 is 1.00 bits per heavy atom. The SMILES string of the molecule is CN=C=O.CN=C=O.CN=C=O.N[C@H]1CCN(c2ccc(OCc3cccc(F)c3)cc2)C1=O. The molecule has 1 saturated heterocycles. The monoisotopic (exact) mass is 471 g/mol. The minimum Gasteiger partial charge on any atom is -0.489 e. The number of halogens is 1. The van der Waals surface area contributed by atoms with Crippen LogP contribution in [-0.4, -0.2) is 57.9 Å². The maximum atomic E-state index is 13.1. The minimum atomic E-state index is -0.399. The number of benzene rings is 2. The molecular formula is C23H26FN5O5. The van der Waals surface area contributed by atoms with E-state index >= 15 is 0 Å². The fourth-order valence-electron chi connectivity index (χ4n) is 2.47. The molecule has 0 bridgehead atoms. The average molecular weight is 471 g/mol. The van der Waals surface area contributed by atoms with E-state index in [9.17, 15) is 9.18 Å². The first-order valence-electron chi connectivity index (χ1n) is 9.80. The van der Waals surface area contributed by atoms with Crippen LogP contribution in [0.15, 0.2) is 63.5 Å². The van der Waals surface area contributed by atoms with Gasteiger partial charge in [0, 0.05) is 33.4 Å². The van der Waals surface area contributed by atoms with Crippen LogP contribution in [0.5, 0.6) is 5.75 Å². The number of nitrogens with two attached hydrogens (primary N) is 1. The second-order valence-electron chi connectivity index (χ2n) is 6.24. The molecule has 180 valence electrons. The maximum Gasteiger partial charge on any atom is 0.243 e. The second-order valence-corrected chi connectivity index (χ2v) is 6.24. The van der Waals surface area contributed by atoms with Gasteiger partial charge in [0.05, 0.1) is 6.04 Å². The van der Waals surface area contributed by atoms with Gasteiger partial charge in [0.25, 0.3) is 0 Å². The molecule has 0 spiro atoms. The van der Waals surface area contributed by atoms with E-state index in [0.29, 0.717) is 25.3 Å². The van der Waals surface area contributed by atoms with E-state index in [2.05, 4.69) is 15.0 Å². The summed E-state index contributed by atoms with van der Waals surface area (Å²) in [6.45, 7) is 0.939. The predicted molar refractivity (Wildman–Crippen MR) is 124 cm³/mol. The van der Waals surface area contributed by atoms with Gasteiger partial charge in [-0.1, -0.05) is 12.1 Å². The highest BCUT2D eigenvalue weighted by Crippen LogP contribution is 2.24. The van der Waals surface area contributed by atoms with Crippen LogP contribution in [0.4, 0.5) is 10.1 Å². The summed E-state index contributed by atoms with van der Waals surface area (Å²) in [6.07, 6.45) is 4.59. The minimum absolute atomic E-state index is 0.0478. The van der Waals surface area contributed by atoms with Crippen LogP contribution < -0.4 is 15.4 Å². The summed E-state index contributed by atoms with van der Waals surface area (Å²) in [5.74, 6) is 0.345. The zero-order valence-corrected chi connectivity index (χ0v) is 19.1. The van der Waals surface area contributed by atoms with Crippen molar-refractivity contribution in [1.29, 1.82) is 0 Å². The molecule has 0 aromatic heterocycles. The van der Waals surface area contributed by atoms with Crippen molar-refractivity contribution in [1.82, 2.24) is 0 Å². The van der Waals surface area contributed by atoms with Crippen molar-refractivity contribution in [2.24, 2.45) is 20.7 Å². The molecule has 0 aliphatic carbocycles. The van der Waals surface area contributed by atoms with E-state index in [1.165, 1.54) is 51.5 Å². The number of carbonyl (C=O) groups excluding carboxylic acids is 4. The van der Waals surface area contributed by atoms with Gasteiger partial charge in [0.2, 0.25) is 24.1 Å². The molecule has 2 aromatic rings. The van der Waals surface area contributed by atoms with Gasteiger partial charge in [0.15, 0.2) is 0 Å². The summed E-state index contributed by atoms with van der Waals surface area (Å²) in [5, 5.41) is 0. The highest BCUT2D eigenvalue weighted by atomic mass is 19.1. The first kappa shape index (κ1) is 29.7. The lowest BCUT2D eigenvalue weighted by atomic mass is 10.2. The highest BCUT2D eigenvalue weighted by molar-refractivity contribution is 5.99. The van der Waals surface area contributed by atoms with Gasteiger partial charge in [-0.2, -0.15) is 0 Å². The lowest BCUT2D eigenvalue weighted by molar-refractivity contribution is -0.118. The van der Waals surface area contributed by atoms with Crippen LogP contribution in [0.3, 0.4) is 0 Å². The molecule has 10 nitrogen and oxygen atoms in total. The van der Waals surface area contributed by atoms with Crippen LogP contribution in [0.25, 0.3) is 0 Å². The number of carbonyl (C=O) groups is 1. The average Bonchev–Trinajstić information content (AvgIpc) is 3.21. The molecule has 2 N–H and O–H groups in total. The van der Waals surface area contributed by atoms with E-state index in [4.69, 9.17) is 24.9 Å². The lowest BCUT2D eigenvalue weighted by Gasteiger charge is -2.16. The Kier molecular flexibility index (Phi) is 16.0. The van der Waals surface area contributed by atoms with Crippen molar-refractivity contribution in [2.45, 2.75) is 19.1 Å². The number of rotatable bonds is 4. The van der Waals surface area contributed by atoms with Crippen molar-refractivity contribution < 1.29 is 28.3 Å². The summed E-state index contributed by atoms with van der Waals surface area (Å²) in [5.41, 5.74) is 7.30. The molecule has 1 heterocycles. The third-order valence-electron chi connectivity index (χ3n) is 3.96. The number of anilines is 1. The van der Waals surface area contributed by atoms with Crippen LogP contribution >= 0.6 is 0 Å². The summed E-state index contributed by atoms with van der Waals surface area (Å²) < 4.78 is 18.7. The molecule has 1 fully saturated rings. The van der Waals surface area contributed by atoms with Gasteiger partial charge in [0.1, 0.15) is 18.2 Å². The van der Waals surface area contributed by atoms with Gasteiger partial charge in [-0.25, -0.2) is 33.8 Å². The molecule has 0 unspecified atom stereocenters. The standard InChI is InChI=1S/C17H17FN2O2.3C2H3NO/c18-13-3-1-2-12(10-13)11-22-15-6-4-14(5-7-15)20-9-8-16(19)17(20)21;3*1-3-2-4/h1-7,10,16H,8-9,11,19H2;3*1H3/t16-;;;/m0.../s1. The Balaban J connectivity index is 0.000000759. The van der Waals surface area contributed by atoms with Crippen molar-refractivity contribution in [3.8, 4) is 5.75 Å². The predicted octanol–water partition coefficient (Wildman–Crippen LogP) is 2.32. The zero-order valence-electron chi connectivity index (χ0n) is 19.1. The molecule has 1 atom stereocenters. The zero-order chi connectivity index (χ0) is 25.8. The molecular weight excluding hydrogens is 445 g/mol. The van der Waals surface area contributed by atoms with Crippen molar-refractivity contribution in [3.63, 3.8) is 0 Å². The van der Waals surface area contributed by atoms with Crippen molar-refractivity contribution in [2.75, 3.05) is 32.6 Å². The number of hydrogen-bond acceptors (Lipinski definition) is 9. The molecule has 0 radical (unpaired) electrons. The topological polar surface area (TPSA) is 144 Å². The lowest BCUT2D eigenvalue weighted by Crippen LogP contribution is -2.33. The molecule has 2 aromatic carbocycles. The first-order chi connectivity index (χ1) is 16.4. The molecule has 1 amide bonds. The Morgan fingerprint density at radius 2 is 1.53 bits per heavy atom. The molecule has 3 rings (SSSR count). The Labute approximate surface area is 196 Å². The van der Waals surface area contributed by atoms with E-state index < -0.39 is 6.04 Å². The van der Waals surface area contributed by atoms with Gasteiger partial charge in [-0.15, -0.1) is 0 Å². The fraction of sp³-hybridized carbons (Fsp3) is 0.304. The third-order valence-corrected chi connectivity index (χ3v) is 3.96. The van der Waals surface area contributed by atoms with Crippen molar-refractivity contribution in [3.05, 3.63) is 59.9 Å². The summed E-state index contributed by atoms with van der Waals surface area (Å²) in [6, 6.07) is 13.2. The number of aliphatic imine (C=N–C) groups is 3. The number of nitrogens with zero attached hydrogens (tertiary/aromatic N) is 4. The molecule has 0 saturated carbocycles. The van der Waals surface area contributed by atoms with E-state index in [1.807, 2.05) is 18.2 Å². The Morgan fingerprint density at radius 3 is 1.94 bits per heavy atom. The number of amides is 1. The number of isocyanates is 3. The third kappa shape index (κ3) is 12.0. The molecule has 11 heteroatoms. The van der Waals surface area contributed by atoms with Crippen LogP contribution in [-0.2, 0) is 25.8 Å². The van der Waals surface area contributed by atoms with E-state index in [1.54, 1.807) is 23.1 Å². The van der Waals surface area contributed by atoms with Crippen LogP contribution in [0.2, 0.25) is 0 Å². The smallest absolute Gasteiger partial charge is 0.243 e. The Bertz CT molecular complexity index is 990. The van der Waals surface area contributed by atoms with Crippen molar-refractivity contribution >= 4 is 29.8 Å². The van der Waals surface area contributed by atoms with Gasteiger partial charge < -0.3 is 15.4 Å². The Hall–Kier alpha value is -4.26. The first-order valence-corrected chi connectivity index (χ1v) is 9.80. The quantitative estimate of drug-likeness (QED) is 0.535. The largest absolute Gasteiger partial charge is 0.489 e. The van der Waals surface area contributed by atoms with E-state index in [-0.39, 0.29) is 11.7 Å². The molecule has 34 heavy (non-hydrogen) atoms. The van der Waals surface area contributed by atoms with Crippen LogP contribution in [0, 0.1) is 5.82 Å². The fourth-order valence-corrected chi connectivity index (χ4v) is 2.47. The second kappa shape index (κ2) is 18.3. The highest BCUT2D eigenvalue weighted by Gasteiger charge is 2.29. The van der Waals surface area contributed by atoms with Gasteiger partial charge in [-0.05, 0) is 48.4 Å². The number of ether oxygens (including phenoxy) is 1. The van der Waals surface area contributed by atoms with E-state index in [0.717, 1.165) is 11.3 Å². The molecule has 1 aliphatic rings. The normalized spacial score (nSPS) is 13.0. The van der Waals surface area contributed by atoms with Gasteiger partial charge in [-0.3, -0.25) is 4.79 Å². The summed E-state index contributed by atoms with van der Waals surface area (Å²) >= 11 is 0. The van der Waals surface area contributed by atoms with Crippen LogP contribution in [0.1, 0.15) is 12.0 Å². The molecule has 1 aliphatic heterocycles. The van der Waals surface area contributed by atoms with Gasteiger partial charge >= 0.3 is 0 Å². The maximum absolute atomic E-state index is 13.1. The summed E-state index contributed by atoms with van der Waals surface area (Å²) in [7, 11) is 4.15. The number of hydrogen-bond donors (Lipinski definition) is 1. The summed E-state index contributed by atoms with van der Waals surface area (Å²) in [4.78, 5) is 49.0.